The minimum absolute atomic E-state index is 0.0726. The fourth-order valence-electron chi connectivity index (χ4n) is 3.21. The number of benzene rings is 2. The van der Waals surface area contributed by atoms with Gasteiger partial charge in [0.05, 0.1) is 22.5 Å². The van der Waals surface area contributed by atoms with E-state index >= 15 is 0 Å². The lowest BCUT2D eigenvalue weighted by molar-refractivity contribution is 0.0949. The molecule has 0 fully saturated rings. The van der Waals surface area contributed by atoms with E-state index in [0.717, 1.165) is 22.4 Å². The summed E-state index contributed by atoms with van der Waals surface area (Å²) < 4.78 is 28.8. The molecule has 1 aromatic heterocycles. The molecular formula is C20H24N4O3S. The molecule has 2 aromatic carbocycles. The van der Waals surface area contributed by atoms with Crippen LogP contribution in [0.25, 0.3) is 11.0 Å². The number of imidazole rings is 1. The summed E-state index contributed by atoms with van der Waals surface area (Å²) in [6.07, 6.45) is 0. The Bertz CT molecular complexity index is 1150. The zero-order valence-electron chi connectivity index (χ0n) is 16.4. The quantitative estimate of drug-likeness (QED) is 0.665. The Morgan fingerprint density at radius 3 is 2.57 bits per heavy atom. The summed E-state index contributed by atoms with van der Waals surface area (Å²) in [5.74, 6) is 0.390. The summed E-state index contributed by atoms with van der Waals surface area (Å²) in [5, 5.41) is 2.85. The summed E-state index contributed by atoms with van der Waals surface area (Å²) in [5.41, 5.74) is 4.05. The molecule has 1 heterocycles. The van der Waals surface area contributed by atoms with Crippen LogP contribution in [0.3, 0.4) is 0 Å². The van der Waals surface area contributed by atoms with Crippen LogP contribution in [-0.2, 0) is 23.6 Å². The Kier molecular flexibility index (Phi) is 5.53. The number of hydrogen-bond acceptors (Lipinski definition) is 4. The summed E-state index contributed by atoms with van der Waals surface area (Å²) in [7, 11) is -1.71. The van der Waals surface area contributed by atoms with Crippen LogP contribution in [-0.4, -0.2) is 30.4 Å². The molecule has 0 unspecified atom stereocenters. The van der Waals surface area contributed by atoms with Crippen LogP contribution < -0.4 is 10.0 Å². The predicted molar refractivity (Wildman–Crippen MR) is 109 cm³/mol. The third-order valence-corrected chi connectivity index (χ3v) is 6.24. The first-order valence-corrected chi connectivity index (χ1v) is 10.5. The minimum Gasteiger partial charge on any atom is -0.345 e. The first kappa shape index (κ1) is 20.0. The standard InChI is InChI=1S/C20H24N4O3S/c1-5-22-28(26,27)15-10-9-13(2)16(11-15)20(25)21-12-18-23-17-8-6-7-14(3)19(17)24(18)4/h6-11,22H,5,12H2,1-4H3,(H,21,25). The summed E-state index contributed by atoms with van der Waals surface area (Å²) in [4.78, 5) is 17.4. The Balaban J connectivity index is 1.84. The third-order valence-electron chi connectivity index (χ3n) is 4.69. The number of rotatable bonds is 6. The van der Waals surface area contributed by atoms with Gasteiger partial charge in [0.15, 0.2) is 0 Å². The number of carbonyl (C=O) groups is 1. The van der Waals surface area contributed by atoms with Crippen molar-refractivity contribution in [1.82, 2.24) is 19.6 Å². The minimum atomic E-state index is -3.63. The molecule has 28 heavy (non-hydrogen) atoms. The van der Waals surface area contributed by atoms with E-state index in [1.807, 2.05) is 36.7 Å². The molecule has 1 amide bonds. The predicted octanol–water partition coefficient (Wildman–Crippen LogP) is 2.42. The number of nitrogens with one attached hydrogen (secondary N) is 2. The maximum atomic E-state index is 12.7. The van der Waals surface area contributed by atoms with Crippen LogP contribution in [0.2, 0.25) is 0 Å². The molecule has 7 nitrogen and oxygen atoms in total. The lowest BCUT2D eigenvalue weighted by Gasteiger charge is -2.11. The van der Waals surface area contributed by atoms with Gasteiger partial charge in [-0.2, -0.15) is 0 Å². The fourth-order valence-corrected chi connectivity index (χ4v) is 4.28. The van der Waals surface area contributed by atoms with E-state index in [9.17, 15) is 13.2 Å². The molecule has 0 radical (unpaired) electrons. The molecule has 0 bridgehead atoms. The van der Waals surface area contributed by atoms with Gasteiger partial charge in [-0.05, 0) is 43.2 Å². The summed E-state index contributed by atoms with van der Waals surface area (Å²) in [6, 6.07) is 10.4. The van der Waals surface area contributed by atoms with Gasteiger partial charge in [0.2, 0.25) is 10.0 Å². The number of aryl methyl sites for hydroxylation is 3. The number of amides is 1. The van der Waals surface area contributed by atoms with Gasteiger partial charge >= 0.3 is 0 Å². The molecule has 3 aromatic rings. The van der Waals surface area contributed by atoms with Crippen molar-refractivity contribution in [1.29, 1.82) is 0 Å². The second kappa shape index (κ2) is 7.73. The van der Waals surface area contributed by atoms with Gasteiger partial charge in [-0.3, -0.25) is 4.79 Å². The number of para-hydroxylation sites is 1. The second-order valence-corrected chi connectivity index (χ2v) is 8.46. The number of fused-ring (bicyclic) bond motifs is 1. The number of carbonyl (C=O) groups excluding carboxylic acids is 1. The molecule has 148 valence electrons. The van der Waals surface area contributed by atoms with Crippen LogP contribution in [0.15, 0.2) is 41.3 Å². The molecular weight excluding hydrogens is 376 g/mol. The first-order chi connectivity index (χ1) is 13.2. The number of hydrogen-bond donors (Lipinski definition) is 2. The van der Waals surface area contributed by atoms with Crippen LogP contribution in [0.5, 0.6) is 0 Å². The molecule has 8 heteroatoms. The Morgan fingerprint density at radius 2 is 1.89 bits per heavy atom. The molecule has 0 spiro atoms. The molecule has 0 saturated heterocycles. The second-order valence-electron chi connectivity index (χ2n) is 6.69. The maximum absolute atomic E-state index is 12.7. The highest BCUT2D eigenvalue weighted by atomic mass is 32.2. The molecule has 0 aliphatic heterocycles. The van der Waals surface area contributed by atoms with Crippen molar-refractivity contribution in [2.24, 2.45) is 7.05 Å². The largest absolute Gasteiger partial charge is 0.345 e. The van der Waals surface area contributed by atoms with Gasteiger partial charge in [-0.1, -0.05) is 25.1 Å². The van der Waals surface area contributed by atoms with Crippen molar-refractivity contribution in [2.75, 3.05) is 6.54 Å². The molecule has 2 N–H and O–H groups in total. The van der Waals surface area contributed by atoms with Gasteiger partial charge in [0.1, 0.15) is 5.82 Å². The summed E-state index contributed by atoms with van der Waals surface area (Å²) in [6.45, 7) is 6.03. The van der Waals surface area contributed by atoms with Crippen molar-refractivity contribution >= 4 is 27.0 Å². The third kappa shape index (κ3) is 3.79. The van der Waals surface area contributed by atoms with Gasteiger partial charge in [-0.25, -0.2) is 18.1 Å². The normalized spacial score (nSPS) is 11.7. The van der Waals surface area contributed by atoms with Crippen LogP contribution in [0, 0.1) is 13.8 Å². The zero-order chi connectivity index (χ0) is 20.5. The van der Waals surface area contributed by atoms with Crippen molar-refractivity contribution < 1.29 is 13.2 Å². The van der Waals surface area contributed by atoms with E-state index < -0.39 is 10.0 Å². The average Bonchev–Trinajstić information content (AvgIpc) is 2.97. The number of aromatic nitrogens is 2. The fraction of sp³-hybridized carbons (Fsp3) is 0.300. The average molecular weight is 401 g/mol. The van der Waals surface area contributed by atoms with Crippen molar-refractivity contribution in [3.63, 3.8) is 0 Å². The Hall–Kier alpha value is -2.71. The van der Waals surface area contributed by atoms with E-state index in [1.54, 1.807) is 19.9 Å². The van der Waals surface area contributed by atoms with Gasteiger partial charge < -0.3 is 9.88 Å². The van der Waals surface area contributed by atoms with Crippen LogP contribution in [0.4, 0.5) is 0 Å². The van der Waals surface area contributed by atoms with Crippen molar-refractivity contribution in [3.8, 4) is 0 Å². The van der Waals surface area contributed by atoms with Gasteiger partial charge in [0, 0.05) is 19.2 Å². The smallest absolute Gasteiger partial charge is 0.251 e. The van der Waals surface area contributed by atoms with E-state index in [-0.39, 0.29) is 23.9 Å². The monoisotopic (exact) mass is 400 g/mol. The molecule has 0 saturated carbocycles. The molecule has 3 rings (SSSR count). The summed E-state index contributed by atoms with van der Waals surface area (Å²) >= 11 is 0. The van der Waals surface area contributed by atoms with Crippen molar-refractivity contribution in [2.45, 2.75) is 32.2 Å². The molecule has 0 aliphatic rings. The zero-order valence-corrected chi connectivity index (χ0v) is 17.2. The first-order valence-electron chi connectivity index (χ1n) is 9.04. The lowest BCUT2D eigenvalue weighted by Crippen LogP contribution is -2.27. The molecule has 0 aliphatic carbocycles. The van der Waals surface area contributed by atoms with Crippen LogP contribution >= 0.6 is 0 Å². The molecule has 0 atom stereocenters. The highest BCUT2D eigenvalue weighted by molar-refractivity contribution is 7.89. The van der Waals surface area contributed by atoms with Crippen LogP contribution in [0.1, 0.15) is 34.2 Å². The van der Waals surface area contributed by atoms with Gasteiger partial charge in [0.25, 0.3) is 5.91 Å². The van der Waals surface area contributed by atoms with E-state index in [4.69, 9.17) is 0 Å². The van der Waals surface area contributed by atoms with Gasteiger partial charge in [-0.15, -0.1) is 0 Å². The number of sulfonamides is 1. The van der Waals surface area contributed by atoms with E-state index in [1.165, 1.54) is 12.1 Å². The van der Waals surface area contributed by atoms with E-state index in [0.29, 0.717) is 11.1 Å². The topological polar surface area (TPSA) is 93.1 Å². The van der Waals surface area contributed by atoms with E-state index in [2.05, 4.69) is 15.0 Å². The Morgan fingerprint density at radius 1 is 1.14 bits per heavy atom. The SMILES string of the molecule is CCNS(=O)(=O)c1ccc(C)c(C(=O)NCc2nc3cccc(C)c3n2C)c1. The van der Waals surface area contributed by atoms with Crippen molar-refractivity contribution in [3.05, 3.63) is 58.9 Å². The number of nitrogens with zero attached hydrogens (tertiary/aromatic N) is 2. The lowest BCUT2D eigenvalue weighted by atomic mass is 10.1. The highest BCUT2D eigenvalue weighted by Crippen LogP contribution is 2.19. The highest BCUT2D eigenvalue weighted by Gasteiger charge is 2.18. The maximum Gasteiger partial charge on any atom is 0.251 e. The Labute approximate surface area is 164 Å².